The molecule has 3 rings (SSSR count). The number of hydrogen-bond acceptors (Lipinski definition) is 1. The van der Waals surface area contributed by atoms with Crippen molar-refractivity contribution < 1.29 is 0 Å². The Balaban J connectivity index is 2.23. The molecule has 0 aliphatic carbocycles. The van der Waals surface area contributed by atoms with E-state index >= 15 is 0 Å². The molecule has 0 unspecified atom stereocenters. The van der Waals surface area contributed by atoms with E-state index in [1.165, 1.54) is 22.3 Å². The molecule has 2 N–H and O–H groups in total. The number of hydrogen-bond donors (Lipinski definition) is 1. The predicted octanol–water partition coefficient (Wildman–Crippen LogP) is 5.67. The number of para-hydroxylation sites is 1. The summed E-state index contributed by atoms with van der Waals surface area (Å²) in [5.74, 6) is 0. The summed E-state index contributed by atoms with van der Waals surface area (Å²) in [7, 11) is 0. The lowest BCUT2D eigenvalue weighted by Crippen LogP contribution is -1.92. The molecule has 0 heterocycles. The largest absolute Gasteiger partial charge is 0.398 e. The van der Waals surface area contributed by atoms with Crippen LogP contribution >= 0.6 is 15.9 Å². The number of nitrogen functional groups attached to an aromatic ring is 1. The fourth-order valence-corrected chi connectivity index (χ4v) is 2.77. The minimum absolute atomic E-state index is 0.807. The molecule has 0 bridgehead atoms. The van der Waals surface area contributed by atoms with Crippen molar-refractivity contribution in [3.63, 3.8) is 0 Å². The Morgan fingerprint density at radius 2 is 1.48 bits per heavy atom. The highest BCUT2D eigenvalue weighted by Crippen LogP contribution is 2.36. The highest BCUT2D eigenvalue weighted by Gasteiger charge is 2.10. The van der Waals surface area contributed by atoms with E-state index in [4.69, 9.17) is 5.73 Å². The highest BCUT2D eigenvalue weighted by atomic mass is 79.9. The van der Waals surface area contributed by atoms with E-state index in [0.29, 0.717) is 0 Å². The topological polar surface area (TPSA) is 26.0 Å². The van der Waals surface area contributed by atoms with Gasteiger partial charge in [0.25, 0.3) is 0 Å². The Morgan fingerprint density at radius 3 is 2.19 bits per heavy atom. The van der Waals surface area contributed by atoms with Crippen LogP contribution in [0.4, 0.5) is 5.69 Å². The van der Waals surface area contributed by atoms with Crippen molar-refractivity contribution in [2.45, 2.75) is 6.92 Å². The number of nitrogens with two attached hydrogens (primary N) is 1. The Bertz CT molecular complexity index is 776. The summed E-state index contributed by atoms with van der Waals surface area (Å²) >= 11 is 3.48. The van der Waals surface area contributed by atoms with E-state index in [-0.39, 0.29) is 0 Å². The normalized spacial score (nSPS) is 10.6. The fraction of sp³-hybridized carbons (Fsp3) is 0.0526. The van der Waals surface area contributed by atoms with Crippen LogP contribution in [-0.2, 0) is 0 Å². The minimum atomic E-state index is 0.807. The van der Waals surface area contributed by atoms with Crippen molar-refractivity contribution in [1.82, 2.24) is 0 Å². The molecule has 0 aliphatic rings. The zero-order chi connectivity index (χ0) is 14.8. The fourth-order valence-electron chi connectivity index (χ4n) is 2.50. The second kappa shape index (κ2) is 5.74. The van der Waals surface area contributed by atoms with Crippen molar-refractivity contribution >= 4 is 21.6 Å². The first-order valence-electron chi connectivity index (χ1n) is 6.86. The summed E-state index contributed by atoms with van der Waals surface area (Å²) in [6, 6.07) is 22.9. The monoisotopic (exact) mass is 337 g/mol. The molecular weight excluding hydrogens is 322 g/mol. The zero-order valence-electron chi connectivity index (χ0n) is 11.8. The van der Waals surface area contributed by atoms with E-state index in [1.54, 1.807) is 0 Å². The van der Waals surface area contributed by atoms with Gasteiger partial charge in [-0.05, 0) is 41.8 Å². The minimum Gasteiger partial charge on any atom is -0.398 e. The van der Waals surface area contributed by atoms with E-state index in [2.05, 4.69) is 71.4 Å². The molecule has 1 nitrogen and oxygen atoms in total. The lowest BCUT2D eigenvalue weighted by Gasteiger charge is -2.13. The molecule has 0 aromatic heterocycles. The number of benzene rings is 3. The maximum atomic E-state index is 6.17. The van der Waals surface area contributed by atoms with Gasteiger partial charge in [-0.2, -0.15) is 0 Å². The number of rotatable bonds is 2. The van der Waals surface area contributed by atoms with Crippen LogP contribution in [0.15, 0.2) is 71.2 Å². The third-order valence-corrected chi connectivity index (χ3v) is 4.11. The number of halogens is 1. The molecule has 2 heteroatoms. The molecule has 0 fully saturated rings. The summed E-state index contributed by atoms with van der Waals surface area (Å²) in [5.41, 5.74) is 12.9. The van der Waals surface area contributed by atoms with Crippen molar-refractivity contribution in [2.24, 2.45) is 0 Å². The maximum absolute atomic E-state index is 6.17. The van der Waals surface area contributed by atoms with Gasteiger partial charge in [-0.15, -0.1) is 0 Å². The van der Waals surface area contributed by atoms with Gasteiger partial charge in [0.1, 0.15) is 0 Å². The molecule has 104 valence electrons. The molecule has 21 heavy (non-hydrogen) atoms. The Labute approximate surface area is 133 Å². The van der Waals surface area contributed by atoms with Gasteiger partial charge < -0.3 is 5.73 Å². The Kier molecular flexibility index (Phi) is 3.80. The standard InChI is InChI=1S/C19H16BrN/c1-13-6-11-16(14-7-9-15(20)10-8-14)18(12-13)17-4-2-3-5-19(17)21/h2-12H,21H2,1H3. The number of anilines is 1. The van der Waals surface area contributed by atoms with Crippen molar-refractivity contribution in [2.75, 3.05) is 5.73 Å². The van der Waals surface area contributed by atoms with Crippen LogP contribution in [-0.4, -0.2) is 0 Å². The Hall–Kier alpha value is -2.06. The molecule has 0 amide bonds. The molecule has 3 aromatic rings. The van der Waals surface area contributed by atoms with E-state index in [9.17, 15) is 0 Å². The smallest absolute Gasteiger partial charge is 0.0393 e. The van der Waals surface area contributed by atoms with Crippen LogP contribution in [0.2, 0.25) is 0 Å². The van der Waals surface area contributed by atoms with Gasteiger partial charge in [0, 0.05) is 15.7 Å². The first-order valence-corrected chi connectivity index (χ1v) is 7.66. The quantitative estimate of drug-likeness (QED) is 0.598. The highest BCUT2D eigenvalue weighted by molar-refractivity contribution is 9.10. The first kappa shape index (κ1) is 13.9. The van der Waals surface area contributed by atoms with E-state index < -0.39 is 0 Å². The van der Waals surface area contributed by atoms with Gasteiger partial charge >= 0.3 is 0 Å². The van der Waals surface area contributed by atoms with Crippen molar-refractivity contribution in [1.29, 1.82) is 0 Å². The van der Waals surface area contributed by atoms with Crippen molar-refractivity contribution in [3.8, 4) is 22.3 Å². The van der Waals surface area contributed by atoms with Crippen LogP contribution in [0.1, 0.15) is 5.56 Å². The maximum Gasteiger partial charge on any atom is 0.0393 e. The van der Waals surface area contributed by atoms with Gasteiger partial charge in [0.15, 0.2) is 0 Å². The second-order valence-corrected chi connectivity index (χ2v) is 6.06. The predicted molar refractivity (Wildman–Crippen MR) is 94.2 cm³/mol. The van der Waals surface area contributed by atoms with Gasteiger partial charge in [0.05, 0.1) is 0 Å². The number of aryl methyl sites for hydroxylation is 1. The average Bonchev–Trinajstić information content (AvgIpc) is 2.49. The molecule has 0 saturated heterocycles. The third-order valence-electron chi connectivity index (χ3n) is 3.58. The lowest BCUT2D eigenvalue weighted by molar-refractivity contribution is 1.46. The van der Waals surface area contributed by atoms with Crippen molar-refractivity contribution in [3.05, 3.63) is 76.8 Å². The van der Waals surface area contributed by atoms with Gasteiger partial charge in [0.2, 0.25) is 0 Å². The third kappa shape index (κ3) is 2.86. The van der Waals surface area contributed by atoms with Crippen LogP contribution in [0.5, 0.6) is 0 Å². The summed E-state index contributed by atoms with van der Waals surface area (Å²) in [6.45, 7) is 2.11. The van der Waals surface area contributed by atoms with E-state index in [0.717, 1.165) is 15.7 Å². The summed E-state index contributed by atoms with van der Waals surface area (Å²) in [6.07, 6.45) is 0. The Morgan fingerprint density at radius 1 is 0.762 bits per heavy atom. The summed E-state index contributed by atoms with van der Waals surface area (Å²) in [4.78, 5) is 0. The molecule has 0 radical (unpaired) electrons. The average molecular weight is 338 g/mol. The summed E-state index contributed by atoms with van der Waals surface area (Å²) in [5, 5.41) is 0. The molecule has 0 spiro atoms. The van der Waals surface area contributed by atoms with Gasteiger partial charge in [-0.3, -0.25) is 0 Å². The van der Waals surface area contributed by atoms with Crippen LogP contribution in [0.3, 0.4) is 0 Å². The first-order chi connectivity index (χ1) is 10.1. The summed E-state index contributed by atoms with van der Waals surface area (Å²) < 4.78 is 1.08. The zero-order valence-corrected chi connectivity index (χ0v) is 13.4. The molecule has 0 aliphatic heterocycles. The lowest BCUT2D eigenvalue weighted by atomic mass is 9.92. The SMILES string of the molecule is Cc1ccc(-c2ccc(Br)cc2)c(-c2ccccc2N)c1. The van der Waals surface area contributed by atoms with Gasteiger partial charge in [-0.25, -0.2) is 0 Å². The molecule has 3 aromatic carbocycles. The van der Waals surface area contributed by atoms with Gasteiger partial charge in [-0.1, -0.05) is 70.0 Å². The van der Waals surface area contributed by atoms with Crippen LogP contribution in [0.25, 0.3) is 22.3 Å². The molecule has 0 saturated carbocycles. The van der Waals surface area contributed by atoms with Crippen LogP contribution < -0.4 is 5.73 Å². The molecule has 0 atom stereocenters. The van der Waals surface area contributed by atoms with Crippen LogP contribution in [0, 0.1) is 6.92 Å². The molecular formula is C19H16BrN. The second-order valence-electron chi connectivity index (χ2n) is 5.14. The van der Waals surface area contributed by atoms with E-state index in [1.807, 2.05) is 18.2 Å².